The molecule has 2 heteroatoms. The Balaban J connectivity index is 2.03. The van der Waals surface area contributed by atoms with Crippen LogP contribution in [0.25, 0.3) is 0 Å². The van der Waals surface area contributed by atoms with Crippen molar-refractivity contribution in [2.45, 2.75) is 70.5 Å². The number of unbranched alkanes of at least 4 members (excludes halogenated alkanes) is 3. The first-order valence-corrected chi connectivity index (χ1v) is 9.23. The molecule has 1 heterocycles. The summed E-state index contributed by atoms with van der Waals surface area (Å²) in [4.78, 5) is 0. The smallest absolute Gasteiger partial charge is 0.189 e. The third-order valence-electron chi connectivity index (χ3n) is 3.36. The van der Waals surface area contributed by atoms with Crippen LogP contribution in [0.4, 0.5) is 0 Å². The van der Waals surface area contributed by atoms with Crippen LogP contribution in [-0.4, -0.2) is 14.9 Å². The minimum absolute atomic E-state index is 1.04. The molecule has 0 aromatic carbocycles. The van der Waals surface area contributed by atoms with E-state index >= 15 is 0 Å². The lowest BCUT2D eigenvalue weighted by molar-refractivity contribution is 0.284. The van der Waals surface area contributed by atoms with E-state index in [0.717, 1.165) is 6.61 Å². The van der Waals surface area contributed by atoms with E-state index in [1.54, 1.807) is 0 Å². The molecular weight excluding hydrogens is 188 g/mol. The Bertz CT molecular complexity index is 141. The van der Waals surface area contributed by atoms with E-state index in [1.807, 2.05) is 0 Å². The van der Waals surface area contributed by atoms with Gasteiger partial charge >= 0.3 is 0 Å². The summed E-state index contributed by atoms with van der Waals surface area (Å²) in [6, 6.07) is 2.83. The summed E-state index contributed by atoms with van der Waals surface area (Å²) in [7, 11) is -1.20. The Hall–Kier alpha value is 0.177. The maximum Gasteiger partial charge on any atom is 0.189 e. The number of hydrogen-bond donors (Lipinski definition) is 0. The van der Waals surface area contributed by atoms with Gasteiger partial charge in [-0.15, -0.1) is 0 Å². The zero-order valence-electron chi connectivity index (χ0n) is 9.98. The Morgan fingerprint density at radius 2 is 1.71 bits per heavy atom. The van der Waals surface area contributed by atoms with E-state index in [0.29, 0.717) is 0 Å². The fourth-order valence-electron chi connectivity index (χ4n) is 2.29. The summed E-state index contributed by atoms with van der Waals surface area (Å²) >= 11 is 0. The molecule has 0 bridgehead atoms. The van der Waals surface area contributed by atoms with Crippen LogP contribution in [-0.2, 0) is 4.43 Å². The molecule has 0 radical (unpaired) electrons. The van der Waals surface area contributed by atoms with Crippen molar-refractivity contribution in [3.8, 4) is 0 Å². The molecule has 0 N–H and O–H groups in total. The van der Waals surface area contributed by atoms with E-state index < -0.39 is 8.32 Å². The van der Waals surface area contributed by atoms with Crippen molar-refractivity contribution in [3.05, 3.63) is 0 Å². The molecule has 1 aliphatic rings. The third-order valence-corrected chi connectivity index (χ3v) is 7.08. The summed E-state index contributed by atoms with van der Waals surface area (Å²) in [6.45, 7) is 5.74. The number of rotatable bonds is 6. The van der Waals surface area contributed by atoms with Crippen molar-refractivity contribution in [2.75, 3.05) is 6.61 Å². The van der Waals surface area contributed by atoms with Crippen LogP contribution in [0.15, 0.2) is 0 Å². The van der Waals surface area contributed by atoms with Gasteiger partial charge in [-0.2, -0.15) is 0 Å². The highest BCUT2D eigenvalue weighted by Gasteiger charge is 2.30. The SMILES string of the molecule is CCCCCCO[Si]1(C)CCCCC1. The van der Waals surface area contributed by atoms with Gasteiger partial charge in [0.15, 0.2) is 8.32 Å². The number of hydrogen-bond acceptors (Lipinski definition) is 1. The van der Waals surface area contributed by atoms with Crippen molar-refractivity contribution in [1.29, 1.82) is 0 Å². The normalized spacial score (nSPS) is 21.0. The zero-order chi connectivity index (χ0) is 10.3. The first-order chi connectivity index (χ1) is 6.77. The van der Waals surface area contributed by atoms with Crippen LogP contribution in [0.2, 0.25) is 18.6 Å². The van der Waals surface area contributed by atoms with Crippen LogP contribution in [0, 0.1) is 0 Å². The molecule has 0 unspecified atom stereocenters. The highest BCUT2D eigenvalue weighted by molar-refractivity contribution is 6.72. The van der Waals surface area contributed by atoms with E-state index in [-0.39, 0.29) is 0 Å². The van der Waals surface area contributed by atoms with Crippen LogP contribution >= 0.6 is 0 Å². The molecule has 0 aromatic rings. The highest BCUT2D eigenvalue weighted by atomic mass is 28.4. The van der Waals surface area contributed by atoms with Gasteiger partial charge in [0.2, 0.25) is 0 Å². The van der Waals surface area contributed by atoms with Gasteiger partial charge in [0, 0.05) is 6.61 Å². The topological polar surface area (TPSA) is 9.23 Å². The fourth-order valence-corrected chi connectivity index (χ4v) is 5.46. The first kappa shape index (κ1) is 12.2. The van der Waals surface area contributed by atoms with Gasteiger partial charge in [-0.1, -0.05) is 45.4 Å². The van der Waals surface area contributed by atoms with Crippen molar-refractivity contribution in [3.63, 3.8) is 0 Å². The molecular formula is C12H26OSi. The van der Waals surface area contributed by atoms with Gasteiger partial charge in [-0.25, -0.2) is 0 Å². The second-order valence-corrected chi connectivity index (χ2v) is 9.11. The summed E-state index contributed by atoms with van der Waals surface area (Å²) in [6.07, 6.45) is 9.66. The Kier molecular flexibility index (Phi) is 5.79. The van der Waals surface area contributed by atoms with Crippen molar-refractivity contribution < 1.29 is 4.43 Å². The molecule has 14 heavy (non-hydrogen) atoms. The molecule has 1 rings (SSSR count). The highest BCUT2D eigenvalue weighted by Crippen LogP contribution is 2.29. The lowest BCUT2D eigenvalue weighted by Gasteiger charge is -2.31. The second kappa shape index (κ2) is 6.62. The maximum atomic E-state index is 6.16. The van der Waals surface area contributed by atoms with Crippen LogP contribution in [0.1, 0.15) is 51.9 Å². The standard InChI is InChI=1S/C12H26OSi/c1-3-4-5-7-10-13-14(2)11-8-6-9-12-14/h3-12H2,1-2H3. The van der Waals surface area contributed by atoms with Gasteiger partial charge in [0.25, 0.3) is 0 Å². The van der Waals surface area contributed by atoms with Gasteiger partial charge in [-0.3, -0.25) is 0 Å². The average Bonchev–Trinajstić information content (AvgIpc) is 2.18. The summed E-state index contributed by atoms with van der Waals surface area (Å²) in [5.41, 5.74) is 0. The molecule has 84 valence electrons. The molecule has 1 nitrogen and oxygen atoms in total. The Labute approximate surface area is 90.4 Å². The molecule has 1 fully saturated rings. The lowest BCUT2D eigenvalue weighted by Crippen LogP contribution is -2.36. The van der Waals surface area contributed by atoms with Crippen molar-refractivity contribution in [1.82, 2.24) is 0 Å². The molecule has 0 saturated carbocycles. The summed E-state index contributed by atoms with van der Waals surface area (Å²) in [5, 5.41) is 0. The van der Waals surface area contributed by atoms with E-state index in [4.69, 9.17) is 4.43 Å². The van der Waals surface area contributed by atoms with Crippen LogP contribution in [0.5, 0.6) is 0 Å². The second-order valence-electron chi connectivity index (χ2n) is 4.92. The molecule has 1 aliphatic heterocycles. The van der Waals surface area contributed by atoms with Crippen LogP contribution < -0.4 is 0 Å². The van der Waals surface area contributed by atoms with Gasteiger partial charge in [0.05, 0.1) is 0 Å². The van der Waals surface area contributed by atoms with Gasteiger partial charge in [0.1, 0.15) is 0 Å². The molecule has 0 spiro atoms. The molecule has 0 amide bonds. The molecule has 0 atom stereocenters. The molecule has 1 saturated heterocycles. The minimum atomic E-state index is -1.20. The van der Waals surface area contributed by atoms with Crippen LogP contribution in [0.3, 0.4) is 0 Å². The average molecular weight is 214 g/mol. The minimum Gasteiger partial charge on any atom is -0.417 e. The molecule has 0 aromatic heterocycles. The van der Waals surface area contributed by atoms with Crippen molar-refractivity contribution in [2.24, 2.45) is 0 Å². The lowest BCUT2D eigenvalue weighted by atomic mass is 10.2. The molecule has 0 aliphatic carbocycles. The van der Waals surface area contributed by atoms with E-state index in [9.17, 15) is 0 Å². The first-order valence-electron chi connectivity index (χ1n) is 6.41. The van der Waals surface area contributed by atoms with Gasteiger partial charge in [-0.05, 0) is 25.1 Å². The quantitative estimate of drug-likeness (QED) is 0.472. The third kappa shape index (κ3) is 4.60. The Morgan fingerprint density at radius 3 is 2.36 bits per heavy atom. The van der Waals surface area contributed by atoms with E-state index in [1.165, 1.54) is 57.0 Å². The summed E-state index contributed by atoms with van der Waals surface area (Å²) < 4.78 is 6.16. The predicted molar refractivity (Wildman–Crippen MR) is 65.2 cm³/mol. The zero-order valence-corrected chi connectivity index (χ0v) is 11.0. The maximum absolute atomic E-state index is 6.16. The van der Waals surface area contributed by atoms with Gasteiger partial charge < -0.3 is 4.43 Å². The monoisotopic (exact) mass is 214 g/mol. The summed E-state index contributed by atoms with van der Waals surface area (Å²) in [5.74, 6) is 0. The predicted octanol–water partition coefficient (Wildman–Crippen LogP) is 4.34. The van der Waals surface area contributed by atoms with E-state index in [2.05, 4.69) is 13.5 Å². The fraction of sp³-hybridized carbons (Fsp3) is 1.00. The van der Waals surface area contributed by atoms with Crippen molar-refractivity contribution >= 4 is 8.32 Å². The Morgan fingerprint density at radius 1 is 1.00 bits per heavy atom. The largest absolute Gasteiger partial charge is 0.417 e.